The maximum atomic E-state index is 11.3. The smallest absolute Gasteiger partial charge is 0.537 e. The number of phenols is 4. The van der Waals surface area contributed by atoms with Gasteiger partial charge in [-0.05, 0) is 304 Å². The molecule has 114 heavy (non-hydrogen) atoms. The molecule has 6 nitrogen and oxygen atoms in total. The van der Waals surface area contributed by atoms with Gasteiger partial charge in [-0.2, -0.15) is 0 Å². The van der Waals surface area contributed by atoms with Crippen LogP contribution in [0, 0.1) is 24.7 Å². The third kappa shape index (κ3) is 19.4. The number of benzene rings is 14. The molecule has 1 radical (unpaired) electrons. The Hall–Kier alpha value is -9.47. The first-order valence-corrected chi connectivity index (χ1v) is 44.4. The number of hydrogen-bond donors (Lipinski definition) is 5. The Balaban J connectivity index is 0.000000143. The van der Waals surface area contributed by atoms with Gasteiger partial charge in [0.15, 0.2) is 0 Å². The Morgan fingerprint density at radius 2 is 0.640 bits per heavy atom. The van der Waals surface area contributed by atoms with E-state index in [1.54, 1.807) is 24.3 Å². The quantitative estimate of drug-likeness (QED) is 0.0432. The van der Waals surface area contributed by atoms with E-state index in [1.807, 2.05) is 72.8 Å². The molecule has 10 heteroatoms. The minimum absolute atomic E-state index is 0.149. The molecular formula is C104H105BBr2O6P. The molecule has 3 aliphatic carbocycles. The molecule has 0 unspecified atom stereocenters. The lowest BCUT2D eigenvalue weighted by Gasteiger charge is -2.28. The molecule has 3 fully saturated rings. The van der Waals surface area contributed by atoms with Gasteiger partial charge >= 0.3 is 7.69 Å². The maximum Gasteiger partial charge on any atom is 0.569 e. The van der Waals surface area contributed by atoms with Crippen molar-refractivity contribution in [3.8, 4) is 73.3 Å². The summed E-state index contributed by atoms with van der Waals surface area (Å²) < 4.78 is 6.87. The van der Waals surface area contributed by atoms with E-state index in [4.69, 9.17) is 9.68 Å². The van der Waals surface area contributed by atoms with Crippen molar-refractivity contribution in [3.05, 3.63) is 310 Å². The molecule has 0 spiro atoms. The van der Waals surface area contributed by atoms with Gasteiger partial charge in [0, 0.05) is 31.2 Å². The lowest BCUT2D eigenvalue weighted by atomic mass is 9.77. The molecule has 0 amide bonds. The molecule has 17 rings (SSSR count). The van der Waals surface area contributed by atoms with E-state index >= 15 is 0 Å². The summed E-state index contributed by atoms with van der Waals surface area (Å²) in [5, 5.41) is 64.3. The predicted molar refractivity (Wildman–Crippen MR) is 490 cm³/mol. The van der Waals surface area contributed by atoms with Crippen LogP contribution in [0.1, 0.15) is 176 Å². The summed E-state index contributed by atoms with van der Waals surface area (Å²) in [5.41, 5.74) is 13.1. The minimum atomic E-state index is -0.467. The molecular weight excluding hydrogens is 1550 g/mol. The fourth-order valence-electron chi connectivity index (χ4n) is 18.4. The first kappa shape index (κ1) is 81.1. The van der Waals surface area contributed by atoms with Crippen LogP contribution in [-0.4, -0.2) is 33.1 Å². The van der Waals surface area contributed by atoms with Crippen LogP contribution in [0.15, 0.2) is 288 Å². The molecule has 0 aromatic heterocycles. The number of rotatable bonds is 18. The Bertz CT molecular complexity index is 5230. The number of fused-ring (bicyclic) bond motifs is 4. The van der Waals surface area contributed by atoms with Crippen LogP contribution in [0.2, 0.25) is 0 Å². The standard InChI is InChI=1S/C50H54O2.C20H12Br2O2.C19H17P.C15H22BO2/c1-3-5-33-7-11-35(12-8-33)37-15-19-39(20-16-37)41-23-27-45-43(31-41)25-29-47(51)49(45)50-46-28-24-42(32-44(46)26-30-48(50)52)40-21-17-38(18-22-40)36-13-9-34(6-4-2)10-14-36;21-13-3-5-15-11(9-13)1-7-17(23)19(15)20-16-6-4-14(22)10-12(16)2-8-18(20)24;1-16-10-8-9-15-19(16)20(17-11-4-2-5-12-17)18-13-6-3-7-14-18;1-2-3-12-4-6-13(7-5-12)14-8-10-15(11-9-14)18-16-17/h15-36,51-52H,3-14H2,1-2H3;1-10,23-24H;2-15H,1H3;8-13,17H,2-7H2,1H3. The lowest BCUT2D eigenvalue weighted by Crippen LogP contribution is -2.22. The average molecular weight is 1650 g/mol. The van der Waals surface area contributed by atoms with Crippen LogP contribution >= 0.6 is 39.8 Å². The molecule has 5 N–H and O–H groups in total. The third-order valence-electron chi connectivity index (χ3n) is 24.4. The van der Waals surface area contributed by atoms with Gasteiger partial charge in [0.25, 0.3) is 0 Å². The van der Waals surface area contributed by atoms with Gasteiger partial charge in [0.1, 0.15) is 23.0 Å². The molecule has 0 aliphatic heterocycles. The zero-order valence-corrected chi connectivity index (χ0v) is 70.2. The highest BCUT2D eigenvalue weighted by atomic mass is 79.9. The highest BCUT2D eigenvalue weighted by Gasteiger charge is 2.27. The van der Waals surface area contributed by atoms with Crippen LogP contribution in [-0.2, 0) is 0 Å². The number of halogens is 2. The summed E-state index contributed by atoms with van der Waals surface area (Å²) in [6.07, 6.45) is 24.1. The minimum Gasteiger partial charge on any atom is -0.537 e. The van der Waals surface area contributed by atoms with Crippen molar-refractivity contribution in [3.63, 3.8) is 0 Å². The zero-order chi connectivity index (χ0) is 79.0. The zero-order valence-electron chi connectivity index (χ0n) is 66.2. The van der Waals surface area contributed by atoms with Crippen LogP contribution in [0.25, 0.3) is 87.6 Å². The number of hydrogen-bond acceptors (Lipinski definition) is 6. The van der Waals surface area contributed by atoms with E-state index in [-0.39, 0.29) is 23.0 Å². The summed E-state index contributed by atoms with van der Waals surface area (Å²) in [5.74, 6) is 6.20. The predicted octanol–water partition coefficient (Wildman–Crippen LogP) is 28.6. The van der Waals surface area contributed by atoms with Crippen LogP contribution in [0.4, 0.5) is 0 Å². The van der Waals surface area contributed by atoms with E-state index in [1.165, 1.54) is 165 Å². The van der Waals surface area contributed by atoms with Crippen molar-refractivity contribution in [2.45, 2.75) is 161 Å². The lowest BCUT2D eigenvalue weighted by molar-refractivity contribution is 0.308. The maximum absolute atomic E-state index is 11.3. The highest BCUT2D eigenvalue weighted by molar-refractivity contribution is 9.10. The fourth-order valence-corrected chi connectivity index (χ4v) is 21.6. The summed E-state index contributed by atoms with van der Waals surface area (Å²) in [7, 11) is 0.260. The van der Waals surface area contributed by atoms with E-state index in [2.05, 4.69) is 242 Å². The molecule has 0 heterocycles. The van der Waals surface area contributed by atoms with Gasteiger partial charge in [-0.15, -0.1) is 0 Å². The van der Waals surface area contributed by atoms with Crippen molar-refractivity contribution in [1.82, 2.24) is 0 Å². The van der Waals surface area contributed by atoms with Crippen LogP contribution in [0.3, 0.4) is 0 Å². The largest absolute Gasteiger partial charge is 0.569 e. The molecule has 0 bridgehead atoms. The van der Waals surface area contributed by atoms with Gasteiger partial charge in [0.2, 0.25) is 0 Å². The Morgan fingerprint density at radius 3 is 0.974 bits per heavy atom. The second-order valence-electron chi connectivity index (χ2n) is 31.8. The van der Waals surface area contributed by atoms with Crippen LogP contribution < -0.4 is 20.6 Å². The molecule has 3 aliphatic rings. The molecule has 3 saturated carbocycles. The molecule has 0 atom stereocenters. The van der Waals surface area contributed by atoms with Gasteiger partial charge in [0.05, 0.1) is 5.75 Å². The average Bonchev–Trinajstić information content (AvgIpc) is 0.754. The van der Waals surface area contributed by atoms with Crippen molar-refractivity contribution in [2.75, 3.05) is 0 Å². The molecule has 579 valence electrons. The van der Waals surface area contributed by atoms with Crippen molar-refractivity contribution in [2.24, 2.45) is 17.8 Å². The van der Waals surface area contributed by atoms with Gasteiger partial charge in [-0.1, -0.05) is 297 Å². The molecule has 14 aromatic carbocycles. The van der Waals surface area contributed by atoms with Crippen molar-refractivity contribution >= 4 is 106 Å². The Kier molecular flexibility index (Phi) is 27.6. The Labute approximate surface area is 693 Å². The molecule has 14 aromatic rings. The van der Waals surface area contributed by atoms with E-state index in [0.29, 0.717) is 45.8 Å². The summed E-state index contributed by atoms with van der Waals surface area (Å²) in [6.45, 7) is 9.10. The fraction of sp³-hybridized carbons (Fsp3) is 0.269. The number of phenolic OH excluding ortho intramolecular Hbond substituents is 4. The molecule has 0 saturated heterocycles. The van der Waals surface area contributed by atoms with Crippen molar-refractivity contribution in [1.29, 1.82) is 0 Å². The van der Waals surface area contributed by atoms with Crippen molar-refractivity contribution < 1.29 is 30.1 Å². The Morgan fingerprint density at radius 1 is 0.333 bits per heavy atom. The van der Waals surface area contributed by atoms with E-state index < -0.39 is 7.92 Å². The highest BCUT2D eigenvalue weighted by Crippen LogP contribution is 2.49. The van der Waals surface area contributed by atoms with Gasteiger partial charge < -0.3 is 30.1 Å². The summed E-state index contributed by atoms with van der Waals surface area (Å²) in [6, 6.07) is 96.2. The second-order valence-corrected chi connectivity index (χ2v) is 35.8. The van der Waals surface area contributed by atoms with E-state index in [9.17, 15) is 20.4 Å². The van der Waals surface area contributed by atoms with Crippen LogP contribution in [0.5, 0.6) is 28.7 Å². The van der Waals surface area contributed by atoms with Gasteiger partial charge in [-0.25, -0.2) is 0 Å². The number of aryl methyl sites for hydroxylation is 1. The van der Waals surface area contributed by atoms with E-state index in [0.717, 1.165) is 88.6 Å². The number of aromatic hydroxyl groups is 4. The SMILES string of the molecule is CCCC1CCC(c2ccc(-c3ccc4c(-c5c(O)ccc6cc(-c7ccc(C8CCC(CCC)CC8)cc7)ccc56)c(O)ccc4c3)cc2)CC1.CCCC1CCC(c2ccc(O[B]O)cc2)CC1.Cc1ccccc1P(c1ccccc1)c1ccccc1.Oc1ccc2cc(Br)ccc2c1-c1c(O)ccc2cc(Br)ccc12. The summed E-state index contributed by atoms with van der Waals surface area (Å²) in [4.78, 5) is 0. The first-order chi connectivity index (χ1) is 55.7. The second kappa shape index (κ2) is 38.8. The van der Waals surface area contributed by atoms with Gasteiger partial charge in [-0.3, -0.25) is 0 Å². The normalized spacial score (nSPS) is 17.4. The monoisotopic (exact) mass is 1650 g/mol. The first-order valence-electron chi connectivity index (χ1n) is 41.5. The third-order valence-corrected chi connectivity index (χ3v) is 28.0. The topological polar surface area (TPSA) is 110 Å². The summed E-state index contributed by atoms with van der Waals surface area (Å²) >= 11 is 6.95.